The van der Waals surface area contributed by atoms with E-state index < -0.39 is 17.8 Å². The molecule has 0 aliphatic carbocycles. The van der Waals surface area contributed by atoms with E-state index in [0.717, 1.165) is 0 Å². The van der Waals surface area contributed by atoms with Gasteiger partial charge in [0.05, 0.1) is 12.1 Å². The summed E-state index contributed by atoms with van der Waals surface area (Å²) in [5, 5.41) is 12.1. The summed E-state index contributed by atoms with van der Waals surface area (Å²) >= 11 is 17.2. The van der Waals surface area contributed by atoms with E-state index in [1.54, 1.807) is 20.8 Å². The number of nitrogens with one attached hydrogen (secondary N) is 1. The van der Waals surface area contributed by atoms with Crippen LogP contribution in [0.1, 0.15) is 32.4 Å². The van der Waals surface area contributed by atoms with Crippen molar-refractivity contribution >= 4 is 40.9 Å². The molecule has 0 aliphatic heterocycles. The number of hydrogen-bond donors (Lipinski definition) is 2. The van der Waals surface area contributed by atoms with Crippen LogP contribution in [0.4, 0.5) is 4.79 Å². The van der Waals surface area contributed by atoms with Crippen molar-refractivity contribution in [2.45, 2.75) is 32.5 Å². The molecule has 1 heterocycles. The summed E-state index contributed by atoms with van der Waals surface area (Å²) in [6.07, 6.45) is -1.85. The molecular weight excluding hydrogens is 328 g/mol. The summed E-state index contributed by atoms with van der Waals surface area (Å²) in [6.45, 7) is 5.02. The predicted octanol–water partition coefficient (Wildman–Crippen LogP) is 2.99. The first-order chi connectivity index (χ1) is 9.10. The van der Waals surface area contributed by atoms with Gasteiger partial charge in [0.2, 0.25) is 5.28 Å². The van der Waals surface area contributed by atoms with Gasteiger partial charge in [-0.3, -0.25) is 0 Å². The van der Waals surface area contributed by atoms with Gasteiger partial charge in [-0.1, -0.05) is 23.2 Å². The average molecular weight is 343 g/mol. The van der Waals surface area contributed by atoms with Crippen LogP contribution in [0.15, 0.2) is 0 Å². The van der Waals surface area contributed by atoms with Crippen molar-refractivity contribution in [1.29, 1.82) is 0 Å². The molecule has 1 aromatic heterocycles. The zero-order valence-electron chi connectivity index (χ0n) is 11.1. The average Bonchev–Trinajstić information content (AvgIpc) is 2.22. The van der Waals surface area contributed by atoms with Crippen LogP contribution in [0.5, 0.6) is 0 Å². The van der Waals surface area contributed by atoms with Crippen LogP contribution in [0, 0.1) is 0 Å². The quantitative estimate of drug-likeness (QED) is 0.651. The maximum atomic E-state index is 11.5. The van der Waals surface area contributed by atoms with Gasteiger partial charge in [-0.05, 0) is 32.4 Å². The summed E-state index contributed by atoms with van der Waals surface area (Å²) in [4.78, 5) is 18.8. The standard InChI is InChI=1S/C11H14Cl3N3O3/c1-11(2,3)20-10(19)15-4-5(18)6-7(12)16-9(14)17-8(6)13/h5,18H,4H2,1-3H3,(H,15,19). The minimum absolute atomic E-state index is 0.0755. The molecule has 2 N–H and O–H groups in total. The maximum absolute atomic E-state index is 11.5. The van der Waals surface area contributed by atoms with Crippen LogP contribution in [-0.4, -0.2) is 33.3 Å². The van der Waals surface area contributed by atoms with Crippen molar-refractivity contribution in [2.24, 2.45) is 0 Å². The molecule has 6 nitrogen and oxygen atoms in total. The molecule has 1 aromatic rings. The second-order valence-corrected chi connectivity index (χ2v) is 5.94. The van der Waals surface area contributed by atoms with E-state index in [2.05, 4.69) is 15.3 Å². The van der Waals surface area contributed by atoms with E-state index in [0.29, 0.717) is 0 Å². The number of halogens is 3. The molecule has 0 spiro atoms. The third-order valence-electron chi connectivity index (χ3n) is 2.00. The second kappa shape index (κ2) is 6.76. The third-order valence-corrected chi connectivity index (χ3v) is 2.74. The Balaban J connectivity index is 2.69. The van der Waals surface area contributed by atoms with Gasteiger partial charge in [-0.2, -0.15) is 0 Å². The van der Waals surface area contributed by atoms with E-state index in [1.807, 2.05) is 0 Å². The predicted molar refractivity (Wildman–Crippen MR) is 76.3 cm³/mol. The fourth-order valence-corrected chi connectivity index (χ4v) is 2.16. The monoisotopic (exact) mass is 341 g/mol. The first-order valence-corrected chi connectivity index (χ1v) is 6.77. The smallest absolute Gasteiger partial charge is 0.407 e. The molecule has 9 heteroatoms. The van der Waals surface area contributed by atoms with E-state index in [1.165, 1.54) is 0 Å². The minimum atomic E-state index is -1.18. The van der Waals surface area contributed by atoms with Crippen molar-refractivity contribution < 1.29 is 14.6 Å². The molecule has 0 saturated carbocycles. The molecule has 0 aromatic carbocycles. The van der Waals surface area contributed by atoms with Crippen LogP contribution < -0.4 is 5.32 Å². The van der Waals surface area contributed by atoms with Crippen LogP contribution in [0.2, 0.25) is 15.6 Å². The summed E-state index contributed by atoms with van der Waals surface area (Å²) < 4.78 is 5.02. The molecule has 1 unspecified atom stereocenters. The SMILES string of the molecule is CC(C)(C)OC(=O)NCC(O)c1c(Cl)nc(Cl)nc1Cl. The molecule has 1 rings (SSSR count). The van der Waals surface area contributed by atoms with Crippen molar-refractivity contribution in [3.63, 3.8) is 0 Å². The van der Waals surface area contributed by atoms with Crippen LogP contribution in [0.3, 0.4) is 0 Å². The Bertz CT molecular complexity index is 482. The van der Waals surface area contributed by atoms with Crippen molar-refractivity contribution in [3.05, 3.63) is 21.2 Å². The molecule has 112 valence electrons. The Morgan fingerprint density at radius 1 is 1.30 bits per heavy atom. The summed E-state index contributed by atoms with van der Waals surface area (Å²) in [5.41, 5.74) is -0.540. The molecule has 0 radical (unpaired) electrons. The first kappa shape index (κ1) is 17.2. The maximum Gasteiger partial charge on any atom is 0.407 e. The zero-order valence-corrected chi connectivity index (χ0v) is 13.3. The highest BCUT2D eigenvalue weighted by Gasteiger charge is 2.21. The Labute approximate surface area is 131 Å². The number of aliphatic hydroxyl groups excluding tert-OH is 1. The number of carbonyl (C=O) groups excluding carboxylic acids is 1. The van der Waals surface area contributed by atoms with Crippen LogP contribution in [0.25, 0.3) is 0 Å². The summed E-state index contributed by atoms with van der Waals surface area (Å²) in [5.74, 6) is 0. The summed E-state index contributed by atoms with van der Waals surface area (Å²) in [7, 11) is 0. The molecule has 0 fully saturated rings. The number of carbonyl (C=O) groups is 1. The highest BCUT2D eigenvalue weighted by molar-refractivity contribution is 6.36. The van der Waals surface area contributed by atoms with Gasteiger partial charge in [0.1, 0.15) is 22.0 Å². The van der Waals surface area contributed by atoms with E-state index in [9.17, 15) is 9.90 Å². The Morgan fingerprint density at radius 2 is 1.80 bits per heavy atom. The fourth-order valence-electron chi connectivity index (χ4n) is 1.26. The van der Waals surface area contributed by atoms with E-state index >= 15 is 0 Å². The van der Waals surface area contributed by atoms with Gasteiger partial charge < -0.3 is 15.2 Å². The number of aromatic nitrogens is 2. The molecule has 0 bridgehead atoms. The minimum Gasteiger partial charge on any atom is -0.444 e. The normalized spacial score (nSPS) is 12.9. The molecule has 1 amide bonds. The van der Waals surface area contributed by atoms with E-state index in [4.69, 9.17) is 39.5 Å². The number of hydrogen-bond acceptors (Lipinski definition) is 5. The lowest BCUT2D eigenvalue weighted by atomic mass is 10.2. The topological polar surface area (TPSA) is 84.3 Å². The largest absolute Gasteiger partial charge is 0.444 e. The van der Waals surface area contributed by atoms with Crippen molar-refractivity contribution in [3.8, 4) is 0 Å². The highest BCUT2D eigenvalue weighted by Crippen LogP contribution is 2.28. The first-order valence-electron chi connectivity index (χ1n) is 5.63. The lowest BCUT2D eigenvalue weighted by Gasteiger charge is -2.20. The Hall–Kier alpha value is -0.820. The molecular formula is C11H14Cl3N3O3. The Kier molecular flexibility index (Phi) is 5.82. The van der Waals surface area contributed by atoms with Gasteiger partial charge in [0, 0.05) is 0 Å². The molecule has 1 atom stereocenters. The van der Waals surface area contributed by atoms with Crippen molar-refractivity contribution in [1.82, 2.24) is 15.3 Å². The van der Waals surface area contributed by atoms with Crippen LogP contribution >= 0.6 is 34.8 Å². The number of aliphatic hydroxyl groups is 1. The lowest BCUT2D eigenvalue weighted by molar-refractivity contribution is 0.0491. The van der Waals surface area contributed by atoms with Crippen molar-refractivity contribution in [2.75, 3.05) is 6.54 Å². The number of nitrogens with zero attached hydrogens (tertiary/aromatic N) is 2. The molecule has 0 aliphatic rings. The zero-order chi connectivity index (χ0) is 15.5. The third kappa shape index (κ3) is 5.28. The number of amides is 1. The van der Waals surface area contributed by atoms with Gasteiger partial charge >= 0.3 is 6.09 Å². The molecule has 0 saturated heterocycles. The number of alkyl carbamates (subject to hydrolysis) is 1. The number of ether oxygens (including phenoxy) is 1. The van der Waals surface area contributed by atoms with Crippen LogP contribution in [-0.2, 0) is 4.74 Å². The second-order valence-electron chi connectivity index (χ2n) is 4.89. The lowest BCUT2D eigenvalue weighted by Crippen LogP contribution is -2.35. The van der Waals surface area contributed by atoms with E-state index in [-0.39, 0.29) is 27.7 Å². The molecule has 20 heavy (non-hydrogen) atoms. The van der Waals surface area contributed by atoms with Gasteiger partial charge in [-0.25, -0.2) is 14.8 Å². The van der Waals surface area contributed by atoms with Gasteiger partial charge in [0.25, 0.3) is 0 Å². The Morgan fingerprint density at radius 3 is 2.25 bits per heavy atom. The van der Waals surface area contributed by atoms with Gasteiger partial charge in [0.15, 0.2) is 0 Å². The number of rotatable bonds is 3. The van der Waals surface area contributed by atoms with Gasteiger partial charge in [-0.15, -0.1) is 0 Å². The fraction of sp³-hybridized carbons (Fsp3) is 0.545. The highest BCUT2D eigenvalue weighted by atomic mass is 35.5. The summed E-state index contributed by atoms with van der Waals surface area (Å²) in [6, 6.07) is 0.